The van der Waals surface area contributed by atoms with Gasteiger partial charge < -0.3 is 14.8 Å². The molecule has 2 aromatic rings. The topological polar surface area (TPSA) is 56.3 Å². The third-order valence-corrected chi connectivity index (χ3v) is 4.14. The van der Waals surface area contributed by atoms with Crippen molar-refractivity contribution in [2.45, 2.75) is 45.1 Å². The summed E-state index contributed by atoms with van der Waals surface area (Å²) in [6, 6.07) is 8.42. The molecule has 1 saturated heterocycles. The molecule has 2 heterocycles. The van der Waals surface area contributed by atoms with E-state index in [0.717, 1.165) is 30.4 Å². The highest BCUT2D eigenvalue weighted by molar-refractivity contribution is 5.85. The average Bonchev–Trinajstić information content (AvgIpc) is 2.60. The molecule has 5 nitrogen and oxygen atoms in total. The molecule has 0 radical (unpaired) electrons. The van der Waals surface area contributed by atoms with E-state index in [1.165, 1.54) is 19.3 Å². The molecule has 1 aliphatic heterocycles. The van der Waals surface area contributed by atoms with Gasteiger partial charge >= 0.3 is 0 Å². The summed E-state index contributed by atoms with van der Waals surface area (Å²) in [4.78, 5) is 9.06. The lowest BCUT2D eigenvalue weighted by Gasteiger charge is -2.23. The van der Waals surface area contributed by atoms with E-state index >= 15 is 0 Å². The van der Waals surface area contributed by atoms with E-state index in [0.29, 0.717) is 31.0 Å². The Morgan fingerprint density at radius 2 is 1.79 bits per heavy atom. The van der Waals surface area contributed by atoms with Gasteiger partial charge in [-0.05, 0) is 51.3 Å². The Bertz CT molecular complexity index is 633. The molecule has 132 valence electrons. The van der Waals surface area contributed by atoms with Crippen molar-refractivity contribution in [3.8, 4) is 11.8 Å². The summed E-state index contributed by atoms with van der Waals surface area (Å²) in [7, 11) is 0. The average molecular weight is 352 g/mol. The Morgan fingerprint density at radius 1 is 1.08 bits per heavy atom. The largest absolute Gasteiger partial charge is 0.474 e. The van der Waals surface area contributed by atoms with E-state index in [4.69, 9.17) is 9.47 Å². The zero-order valence-corrected chi connectivity index (χ0v) is 15.0. The van der Waals surface area contributed by atoms with Crippen molar-refractivity contribution in [3.63, 3.8) is 0 Å². The summed E-state index contributed by atoms with van der Waals surface area (Å²) < 4.78 is 11.4. The van der Waals surface area contributed by atoms with Gasteiger partial charge in [0, 0.05) is 6.04 Å². The van der Waals surface area contributed by atoms with Gasteiger partial charge in [-0.25, -0.2) is 9.97 Å². The van der Waals surface area contributed by atoms with Crippen LogP contribution in [0, 0.1) is 0 Å². The zero-order chi connectivity index (χ0) is 15.9. The minimum atomic E-state index is 0. The summed E-state index contributed by atoms with van der Waals surface area (Å²) in [5, 5.41) is 3.57. The predicted molar refractivity (Wildman–Crippen MR) is 98.3 cm³/mol. The fraction of sp³-hybridized carbons (Fsp3) is 0.556. The van der Waals surface area contributed by atoms with Gasteiger partial charge in [-0.15, -0.1) is 12.4 Å². The molecule has 1 aromatic carbocycles. The van der Waals surface area contributed by atoms with Crippen LogP contribution in [-0.4, -0.2) is 35.8 Å². The molecule has 1 N–H and O–H groups in total. The number of nitrogens with one attached hydrogen (secondary N) is 1. The number of nitrogens with zero attached hydrogens (tertiary/aromatic N) is 2. The Balaban J connectivity index is 0.00000208. The fourth-order valence-corrected chi connectivity index (χ4v) is 2.96. The van der Waals surface area contributed by atoms with Crippen LogP contribution in [0.3, 0.4) is 0 Å². The summed E-state index contributed by atoms with van der Waals surface area (Å²) in [6.45, 7) is 4.28. The molecular formula is C18H26ClN3O2. The molecule has 1 fully saturated rings. The third-order valence-electron chi connectivity index (χ3n) is 4.14. The molecule has 0 spiro atoms. The molecular weight excluding hydrogens is 326 g/mol. The van der Waals surface area contributed by atoms with Crippen molar-refractivity contribution >= 4 is 23.4 Å². The van der Waals surface area contributed by atoms with Crippen LogP contribution in [0.2, 0.25) is 0 Å². The van der Waals surface area contributed by atoms with Gasteiger partial charge in [0.05, 0.1) is 24.2 Å². The van der Waals surface area contributed by atoms with Crippen molar-refractivity contribution in [1.29, 1.82) is 0 Å². The molecule has 24 heavy (non-hydrogen) atoms. The SMILES string of the molecule is CCOc1nc2ccccc2nc1OCCCC1CCCCN1.Cl. The van der Waals surface area contributed by atoms with Gasteiger partial charge in [0.1, 0.15) is 0 Å². The van der Waals surface area contributed by atoms with Crippen molar-refractivity contribution in [2.24, 2.45) is 0 Å². The van der Waals surface area contributed by atoms with Gasteiger partial charge in [0.15, 0.2) is 0 Å². The summed E-state index contributed by atoms with van der Waals surface area (Å²) in [5.41, 5.74) is 1.66. The molecule has 0 bridgehead atoms. The van der Waals surface area contributed by atoms with E-state index < -0.39 is 0 Å². The molecule has 1 aromatic heterocycles. The van der Waals surface area contributed by atoms with Crippen molar-refractivity contribution in [1.82, 2.24) is 15.3 Å². The molecule has 0 amide bonds. The van der Waals surface area contributed by atoms with E-state index in [-0.39, 0.29) is 12.4 Å². The van der Waals surface area contributed by atoms with E-state index in [9.17, 15) is 0 Å². The second kappa shape index (κ2) is 9.64. The predicted octanol–water partition coefficient (Wildman–Crippen LogP) is 3.75. The third kappa shape index (κ3) is 4.95. The molecule has 0 aliphatic carbocycles. The first kappa shape index (κ1) is 18.7. The minimum absolute atomic E-state index is 0. The summed E-state index contributed by atoms with van der Waals surface area (Å²) in [6.07, 6.45) is 6.07. The molecule has 3 rings (SSSR count). The lowest BCUT2D eigenvalue weighted by Crippen LogP contribution is -2.34. The maximum absolute atomic E-state index is 5.86. The number of hydrogen-bond acceptors (Lipinski definition) is 5. The highest BCUT2D eigenvalue weighted by Gasteiger charge is 2.14. The fourth-order valence-electron chi connectivity index (χ4n) is 2.96. The minimum Gasteiger partial charge on any atom is -0.474 e. The first-order valence-corrected chi connectivity index (χ1v) is 8.62. The maximum atomic E-state index is 5.86. The van der Waals surface area contributed by atoms with E-state index in [1.54, 1.807) is 0 Å². The van der Waals surface area contributed by atoms with Crippen molar-refractivity contribution in [3.05, 3.63) is 24.3 Å². The van der Waals surface area contributed by atoms with E-state index in [2.05, 4.69) is 15.3 Å². The van der Waals surface area contributed by atoms with Crippen LogP contribution in [-0.2, 0) is 0 Å². The van der Waals surface area contributed by atoms with Gasteiger partial charge in [0.25, 0.3) is 11.8 Å². The lowest BCUT2D eigenvalue weighted by molar-refractivity contribution is 0.248. The normalized spacial score (nSPS) is 17.3. The highest BCUT2D eigenvalue weighted by atomic mass is 35.5. The van der Waals surface area contributed by atoms with Crippen LogP contribution in [0.15, 0.2) is 24.3 Å². The Hall–Kier alpha value is -1.59. The number of benzene rings is 1. The molecule has 1 aliphatic rings. The van der Waals surface area contributed by atoms with Crippen LogP contribution < -0.4 is 14.8 Å². The Kier molecular flexibility index (Phi) is 7.53. The van der Waals surface area contributed by atoms with Gasteiger partial charge in [-0.3, -0.25) is 0 Å². The number of fused-ring (bicyclic) bond motifs is 1. The molecule has 6 heteroatoms. The molecule has 0 saturated carbocycles. The van der Waals surface area contributed by atoms with E-state index in [1.807, 2.05) is 31.2 Å². The Labute approximate surface area is 149 Å². The number of rotatable bonds is 7. The Morgan fingerprint density at radius 3 is 2.42 bits per heavy atom. The highest BCUT2D eigenvalue weighted by Crippen LogP contribution is 2.26. The summed E-state index contributed by atoms with van der Waals surface area (Å²) >= 11 is 0. The number of ether oxygens (including phenoxy) is 2. The quantitative estimate of drug-likeness (QED) is 0.770. The number of piperidine rings is 1. The second-order valence-corrected chi connectivity index (χ2v) is 5.89. The van der Waals surface area contributed by atoms with Crippen LogP contribution in [0.1, 0.15) is 39.0 Å². The number of aromatic nitrogens is 2. The smallest absolute Gasteiger partial charge is 0.278 e. The standard InChI is InChI=1S/C18H25N3O2.ClH/c1-2-22-17-18(21-16-11-4-3-10-15(16)20-17)23-13-7-9-14-8-5-6-12-19-14;/h3-4,10-11,14,19H,2,5-9,12-13H2,1H3;1H. The number of halogens is 1. The first-order valence-electron chi connectivity index (χ1n) is 8.62. The number of hydrogen-bond donors (Lipinski definition) is 1. The molecule has 1 atom stereocenters. The maximum Gasteiger partial charge on any atom is 0.278 e. The monoisotopic (exact) mass is 351 g/mol. The summed E-state index contributed by atoms with van der Waals surface area (Å²) in [5.74, 6) is 0.990. The van der Waals surface area contributed by atoms with Crippen molar-refractivity contribution < 1.29 is 9.47 Å². The number of para-hydroxylation sites is 2. The van der Waals surface area contributed by atoms with Gasteiger partial charge in [-0.1, -0.05) is 18.6 Å². The van der Waals surface area contributed by atoms with Gasteiger partial charge in [-0.2, -0.15) is 0 Å². The lowest BCUT2D eigenvalue weighted by atomic mass is 10.0. The van der Waals surface area contributed by atoms with Crippen LogP contribution in [0.5, 0.6) is 11.8 Å². The second-order valence-electron chi connectivity index (χ2n) is 5.89. The zero-order valence-electron chi connectivity index (χ0n) is 14.2. The van der Waals surface area contributed by atoms with Crippen LogP contribution in [0.4, 0.5) is 0 Å². The molecule has 1 unspecified atom stereocenters. The van der Waals surface area contributed by atoms with Crippen molar-refractivity contribution in [2.75, 3.05) is 19.8 Å². The van der Waals surface area contributed by atoms with Gasteiger partial charge in [0.2, 0.25) is 0 Å². The first-order chi connectivity index (χ1) is 11.4. The van der Waals surface area contributed by atoms with Crippen LogP contribution >= 0.6 is 12.4 Å². The van der Waals surface area contributed by atoms with Crippen LogP contribution in [0.25, 0.3) is 11.0 Å².